The molecule has 1 heterocycles. The number of fused-ring (bicyclic) bond motifs is 3. The van der Waals surface area contributed by atoms with Gasteiger partial charge in [0.05, 0.1) is 18.1 Å². The summed E-state index contributed by atoms with van der Waals surface area (Å²) < 4.78 is 5.32. The molecule has 0 bridgehead atoms. The minimum Gasteiger partial charge on any atom is -0.378 e. The molecule has 8 nitrogen and oxygen atoms in total. The summed E-state index contributed by atoms with van der Waals surface area (Å²) in [5, 5.41) is 17.4. The van der Waals surface area contributed by atoms with Gasteiger partial charge in [-0.2, -0.15) is 0 Å². The molecule has 1 aliphatic heterocycles. The molecule has 5 rings (SSSR count). The predicted molar refractivity (Wildman–Crippen MR) is 134 cm³/mol. The first kappa shape index (κ1) is 22.0. The maximum Gasteiger partial charge on any atom is 0.293 e. The number of nitro groups is 1. The topological polar surface area (TPSA) is 96.7 Å². The number of hydrogen-bond acceptors (Lipinski definition) is 6. The molecule has 0 saturated carbocycles. The number of rotatable bonds is 4. The van der Waals surface area contributed by atoms with Crippen molar-refractivity contribution < 1.29 is 14.5 Å². The van der Waals surface area contributed by atoms with Crippen molar-refractivity contribution in [2.24, 2.45) is 0 Å². The summed E-state index contributed by atoms with van der Waals surface area (Å²) in [5.74, 6) is -0.511. The van der Waals surface area contributed by atoms with Crippen LogP contribution in [-0.2, 0) is 11.2 Å². The lowest BCUT2D eigenvalue weighted by atomic mass is 10.1. The molecule has 0 atom stereocenters. The van der Waals surface area contributed by atoms with Gasteiger partial charge >= 0.3 is 0 Å². The lowest BCUT2D eigenvalue weighted by molar-refractivity contribution is -0.384. The Morgan fingerprint density at radius 1 is 1.00 bits per heavy atom. The number of anilines is 2. The Morgan fingerprint density at radius 2 is 1.76 bits per heavy atom. The third kappa shape index (κ3) is 4.35. The van der Waals surface area contributed by atoms with Crippen molar-refractivity contribution in [3.63, 3.8) is 0 Å². The van der Waals surface area contributed by atoms with Crippen LogP contribution in [0.3, 0.4) is 0 Å². The molecule has 0 spiro atoms. The normalized spacial score (nSPS) is 14.2. The summed E-state index contributed by atoms with van der Waals surface area (Å²) in [5.41, 5.74) is 6.20. The highest BCUT2D eigenvalue weighted by atomic mass is 32.1. The number of hydrogen-bond donors (Lipinski definition) is 2. The summed E-state index contributed by atoms with van der Waals surface area (Å²) in [6.07, 6.45) is 0.847. The average Bonchev–Trinajstić information content (AvgIpc) is 3.21. The number of nitrogens with one attached hydrogen (secondary N) is 2. The third-order valence-corrected chi connectivity index (χ3v) is 6.27. The summed E-state index contributed by atoms with van der Waals surface area (Å²) in [4.78, 5) is 25.8. The van der Waals surface area contributed by atoms with Crippen LogP contribution in [0, 0.1) is 10.1 Å². The van der Waals surface area contributed by atoms with Gasteiger partial charge in [-0.1, -0.05) is 30.3 Å². The molecule has 34 heavy (non-hydrogen) atoms. The van der Waals surface area contributed by atoms with Gasteiger partial charge in [-0.15, -0.1) is 0 Å². The number of ether oxygens (including phenoxy) is 1. The number of carbonyl (C=O) groups is 1. The molecule has 172 valence electrons. The first-order valence-corrected chi connectivity index (χ1v) is 11.3. The molecule has 0 radical (unpaired) electrons. The van der Waals surface area contributed by atoms with E-state index in [0.717, 1.165) is 12.1 Å². The molecule has 3 aromatic carbocycles. The van der Waals surface area contributed by atoms with Gasteiger partial charge in [0.25, 0.3) is 11.6 Å². The van der Waals surface area contributed by atoms with E-state index in [1.165, 1.54) is 28.3 Å². The van der Waals surface area contributed by atoms with Crippen LogP contribution in [-0.4, -0.2) is 42.2 Å². The highest BCUT2D eigenvalue weighted by Crippen LogP contribution is 2.37. The van der Waals surface area contributed by atoms with Crippen LogP contribution >= 0.6 is 12.2 Å². The zero-order chi connectivity index (χ0) is 23.7. The summed E-state index contributed by atoms with van der Waals surface area (Å²) in [7, 11) is 0. The summed E-state index contributed by atoms with van der Waals surface area (Å²) >= 11 is 5.32. The van der Waals surface area contributed by atoms with E-state index >= 15 is 0 Å². The van der Waals surface area contributed by atoms with E-state index in [1.54, 1.807) is 12.1 Å². The number of benzene rings is 3. The zero-order valence-corrected chi connectivity index (χ0v) is 19.1. The molecule has 2 N–H and O–H groups in total. The fourth-order valence-electron chi connectivity index (χ4n) is 4.44. The number of carbonyl (C=O) groups excluding carboxylic acids is 1. The fraction of sp³-hybridized carbons (Fsp3) is 0.200. The van der Waals surface area contributed by atoms with Crippen molar-refractivity contribution in [1.82, 2.24) is 5.32 Å². The largest absolute Gasteiger partial charge is 0.378 e. The van der Waals surface area contributed by atoms with Crippen LogP contribution in [0.2, 0.25) is 0 Å². The quantitative estimate of drug-likeness (QED) is 0.261. The fourth-order valence-corrected chi connectivity index (χ4v) is 4.65. The SMILES string of the molecule is O=C(NC(=S)Nc1ccc2c(c1)Cc1ccccc1-2)c1ccc(N2CCOCC2)c([N+](=O)[O-])c1. The van der Waals surface area contributed by atoms with Gasteiger partial charge in [0.1, 0.15) is 5.69 Å². The number of morpholine rings is 1. The first-order valence-electron chi connectivity index (χ1n) is 10.9. The summed E-state index contributed by atoms with van der Waals surface area (Å²) in [6.45, 7) is 2.14. The number of nitrogens with zero attached hydrogens (tertiary/aromatic N) is 2. The van der Waals surface area contributed by atoms with Crippen LogP contribution in [0.4, 0.5) is 17.1 Å². The molecular formula is C25H22N4O4S. The Morgan fingerprint density at radius 3 is 2.56 bits per heavy atom. The Bertz CT molecular complexity index is 1300. The van der Waals surface area contributed by atoms with Crippen molar-refractivity contribution in [3.05, 3.63) is 87.5 Å². The van der Waals surface area contributed by atoms with Gasteiger partial charge in [0.2, 0.25) is 0 Å². The van der Waals surface area contributed by atoms with Gasteiger partial charge in [-0.05, 0) is 65.2 Å². The van der Waals surface area contributed by atoms with Crippen LogP contribution < -0.4 is 15.5 Å². The van der Waals surface area contributed by atoms with Gasteiger partial charge in [0.15, 0.2) is 5.11 Å². The third-order valence-electron chi connectivity index (χ3n) is 6.06. The van der Waals surface area contributed by atoms with Crippen LogP contribution in [0.5, 0.6) is 0 Å². The van der Waals surface area contributed by atoms with E-state index in [0.29, 0.717) is 32.0 Å². The van der Waals surface area contributed by atoms with E-state index < -0.39 is 10.8 Å². The van der Waals surface area contributed by atoms with Crippen LogP contribution in [0.15, 0.2) is 60.7 Å². The molecular weight excluding hydrogens is 452 g/mol. The van der Waals surface area contributed by atoms with E-state index in [9.17, 15) is 14.9 Å². The second-order valence-corrected chi connectivity index (χ2v) is 8.58. The van der Waals surface area contributed by atoms with E-state index in [4.69, 9.17) is 17.0 Å². The molecule has 1 aliphatic carbocycles. The lowest BCUT2D eigenvalue weighted by Crippen LogP contribution is -2.37. The van der Waals surface area contributed by atoms with Crippen molar-refractivity contribution >= 4 is 40.3 Å². The molecule has 0 unspecified atom stereocenters. The van der Waals surface area contributed by atoms with Crippen LogP contribution in [0.25, 0.3) is 11.1 Å². The Labute approximate surface area is 201 Å². The lowest BCUT2D eigenvalue weighted by Gasteiger charge is -2.28. The minimum atomic E-state index is -0.511. The second-order valence-electron chi connectivity index (χ2n) is 8.17. The van der Waals surface area contributed by atoms with Crippen LogP contribution in [0.1, 0.15) is 21.5 Å². The van der Waals surface area contributed by atoms with Gasteiger partial charge < -0.3 is 15.0 Å². The Balaban J connectivity index is 1.27. The molecule has 3 aromatic rings. The maximum absolute atomic E-state index is 12.7. The molecule has 1 fully saturated rings. The van der Waals surface area contributed by atoms with Gasteiger partial charge in [-0.3, -0.25) is 20.2 Å². The smallest absolute Gasteiger partial charge is 0.293 e. The predicted octanol–water partition coefficient (Wildman–Crippen LogP) is 4.13. The van der Waals surface area contributed by atoms with Gasteiger partial charge in [-0.25, -0.2) is 0 Å². The number of amides is 1. The highest BCUT2D eigenvalue weighted by molar-refractivity contribution is 7.80. The molecule has 2 aliphatic rings. The van der Waals surface area contributed by atoms with Crippen molar-refractivity contribution in [1.29, 1.82) is 0 Å². The monoisotopic (exact) mass is 474 g/mol. The standard InChI is InChI=1S/C25H22N4O4S/c30-24(17-5-8-22(23(15-17)29(31)32)28-9-11-33-12-10-28)27-25(34)26-19-6-7-21-18(14-19)13-16-3-1-2-4-20(16)21/h1-8,14-15H,9-13H2,(H2,26,27,30,34). The molecule has 1 saturated heterocycles. The van der Waals surface area contributed by atoms with Crippen molar-refractivity contribution in [2.45, 2.75) is 6.42 Å². The average molecular weight is 475 g/mol. The van der Waals surface area contributed by atoms with E-state index in [1.807, 2.05) is 35.2 Å². The van der Waals surface area contributed by atoms with Crippen molar-refractivity contribution in [3.8, 4) is 11.1 Å². The minimum absolute atomic E-state index is 0.119. The zero-order valence-electron chi connectivity index (χ0n) is 18.2. The molecule has 1 amide bonds. The van der Waals surface area contributed by atoms with Gasteiger partial charge in [0, 0.05) is 30.4 Å². The number of nitro benzene ring substituents is 1. The first-order chi connectivity index (χ1) is 16.5. The number of thiocarbonyl (C=S) groups is 1. The summed E-state index contributed by atoms with van der Waals surface area (Å²) in [6, 6.07) is 18.7. The van der Waals surface area contributed by atoms with E-state index in [-0.39, 0.29) is 16.4 Å². The van der Waals surface area contributed by atoms with Crippen molar-refractivity contribution in [2.75, 3.05) is 36.5 Å². The Kier molecular flexibility index (Phi) is 5.95. The molecule has 9 heteroatoms. The van der Waals surface area contributed by atoms with E-state index in [2.05, 4.69) is 22.8 Å². The highest BCUT2D eigenvalue weighted by Gasteiger charge is 2.24. The molecule has 0 aromatic heterocycles. The Hall–Kier alpha value is -3.82. The second kappa shape index (κ2) is 9.20. The maximum atomic E-state index is 12.7.